The Morgan fingerprint density at radius 1 is 1.31 bits per heavy atom. The van der Waals surface area contributed by atoms with Crippen LogP contribution in [0.2, 0.25) is 10.0 Å². The van der Waals surface area contributed by atoms with E-state index in [-0.39, 0.29) is 5.92 Å². The van der Waals surface area contributed by atoms with Gasteiger partial charge in [0.2, 0.25) is 0 Å². The standard InChI is InChI=1S/C13H18Cl2O/c1-4-13(16,9(2)3)8-10-7-11(14)5-6-12(10)15/h5-7,9,16H,4,8H2,1-3H3. The summed E-state index contributed by atoms with van der Waals surface area (Å²) in [4.78, 5) is 0. The molecule has 1 aromatic rings. The van der Waals surface area contributed by atoms with Crippen LogP contribution in [0, 0.1) is 5.92 Å². The lowest BCUT2D eigenvalue weighted by Crippen LogP contribution is -2.36. The molecule has 0 aliphatic rings. The molecule has 90 valence electrons. The fourth-order valence-electron chi connectivity index (χ4n) is 1.75. The van der Waals surface area contributed by atoms with E-state index in [9.17, 15) is 5.11 Å². The Morgan fingerprint density at radius 3 is 2.44 bits per heavy atom. The van der Waals surface area contributed by atoms with Gasteiger partial charge in [-0.15, -0.1) is 0 Å². The summed E-state index contributed by atoms with van der Waals surface area (Å²) in [5.74, 6) is 0.188. The monoisotopic (exact) mass is 260 g/mol. The summed E-state index contributed by atoms with van der Waals surface area (Å²) < 4.78 is 0. The van der Waals surface area contributed by atoms with Crippen LogP contribution >= 0.6 is 23.2 Å². The summed E-state index contributed by atoms with van der Waals surface area (Å²) in [5, 5.41) is 11.8. The van der Waals surface area contributed by atoms with Crippen molar-refractivity contribution in [2.75, 3.05) is 0 Å². The molecule has 0 radical (unpaired) electrons. The van der Waals surface area contributed by atoms with Gasteiger partial charge < -0.3 is 5.11 Å². The van der Waals surface area contributed by atoms with Gasteiger partial charge in [0.1, 0.15) is 0 Å². The summed E-state index contributed by atoms with van der Waals surface area (Å²) in [5.41, 5.74) is 0.195. The molecule has 0 aromatic heterocycles. The van der Waals surface area contributed by atoms with Crippen molar-refractivity contribution in [3.63, 3.8) is 0 Å². The number of hydrogen-bond acceptors (Lipinski definition) is 1. The van der Waals surface area contributed by atoms with E-state index in [1.807, 2.05) is 26.8 Å². The zero-order valence-corrected chi connectivity index (χ0v) is 11.4. The van der Waals surface area contributed by atoms with Crippen LogP contribution in [0.25, 0.3) is 0 Å². The fraction of sp³-hybridized carbons (Fsp3) is 0.538. The van der Waals surface area contributed by atoms with Crippen LogP contribution in [0.15, 0.2) is 18.2 Å². The Hall–Kier alpha value is -0.240. The Bertz CT molecular complexity index is 363. The lowest BCUT2D eigenvalue weighted by molar-refractivity contribution is -0.00826. The van der Waals surface area contributed by atoms with Crippen LogP contribution in [-0.2, 0) is 6.42 Å². The molecule has 0 bridgehead atoms. The van der Waals surface area contributed by atoms with Crippen molar-refractivity contribution in [1.82, 2.24) is 0 Å². The Labute approximate surface area is 107 Å². The molecule has 1 rings (SSSR count). The van der Waals surface area contributed by atoms with Gasteiger partial charge in [0.15, 0.2) is 0 Å². The van der Waals surface area contributed by atoms with Gasteiger partial charge in [-0.2, -0.15) is 0 Å². The average molecular weight is 261 g/mol. The van der Waals surface area contributed by atoms with E-state index in [1.54, 1.807) is 12.1 Å². The number of hydrogen-bond donors (Lipinski definition) is 1. The van der Waals surface area contributed by atoms with Gasteiger partial charge in [0.05, 0.1) is 5.60 Å². The van der Waals surface area contributed by atoms with Crippen LogP contribution in [0.1, 0.15) is 32.8 Å². The maximum absolute atomic E-state index is 10.5. The van der Waals surface area contributed by atoms with Gasteiger partial charge in [-0.3, -0.25) is 0 Å². The molecule has 1 nitrogen and oxygen atoms in total. The second-order valence-electron chi connectivity index (χ2n) is 4.52. The van der Waals surface area contributed by atoms with Gasteiger partial charge in [0, 0.05) is 16.5 Å². The molecule has 3 heteroatoms. The van der Waals surface area contributed by atoms with E-state index in [0.717, 1.165) is 5.56 Å². The second-order valence-corrected chi connectivity index (χ2v) is 5.37. The minimum Gasteiger partial charge on any atom is -0.389 e. The first-order valence-corrected chi connectivity index (χ1v) is 6.31. The SMILES string of the molecule is CCC(O)(Cc1cc(Cl)ccc1Cl)C(C)C. The summed E-state index contributed by atoms with van der Waals surface area (Å²) in [7, 11) is 0. The van der Waals surface area contributed by atoms with Gasteiger partial charge >= 0.3 is 0 Å². The van der Waals surface area contributed by atoms with Gasteiger partial charge in [-0.05, 0) is 36.1 Å². The van der Waals surface area contributed by atoms with Crippen LogP contribution in [-0.4, -0.2) is 10.7 Å². The third kappa shape index (κ3) is 3.13. The summed E-state index contributed by atoms with van der Waals surface area (Å²) in [6.07, 6.45) is 1.24. The first-order valence-electron chi connectivity index (χ1n) is 5.55. The molecule has 1 aromatic carbocycles. The highest BCUT2D eigenvalue weighted by Gasteiger charge is 2.29. The van der Waals surface area contributed by atoms with Gasteiger partial charge in [-0.1, -0.05) is 44.0 Å². The Balaban J connectivity index is 2.98. The van der Waals surface area contributed by atoms with Gasteiger partial charge in [0.25, 0.3) is 0 Å². The molecule has 1 atom stereocenters. The molecule has 0 spiro atoms. The van der Waals surface area contributed by atoms with E-state index in [0.29, 0.717) is 22.9 Å². The molecule has 0 heterocycles. The topological polar surface area (TPSA) is 20.2 Å². The molecule has 0 aliphatic heterocycles. The molecular weight excluding hydrogens is 243 g/mol. The van der Waals surface area contributed by atoms with Crippen LogP contribution in [0.4, 0.5) is 0 Å². The summed E-state index contributed by atoms with van der Waals surface area (Å²) >= 11 is 12.0. The molecule has 0 aliphatic carbocycles. The van der Waals surface area contributed by atoms with Crippen molar-refractivity contribution >= 4 is 23.2 Å². The number of halogens is 2. The van der Waals surface area contributed by atoms with Crippen molar-refractivity contribution in [2.24, 2.45) is 5.92 Å². The minimum atomic E-state index is -0.714. The van der Waals surface area contributed by atoms with Crippen molar-refractivity contribution in [2.45, 2.75) is 39.2 Å². The normalized spacial score (nSPS) is 15.2. The molecule has 1 unspecified atom stereocenters. The first kappa shape index (κ1) is 13.8. The maximum Gasteiger partial charge on any atom is 0.0708 e. The van der Waals surface area contributed by atoms with Gasteiger partial charge in [-0.25, -0.2) is 0 Å². The van der Waals surface area contributed by atoms with E-state index < -0.39 is 5.60 Å². The van der Waals surface area contributed by atoms with Crippen LogP contribution < -0.4 is 0 Å². The second kappa shape index (κ2) is 5.39. The van der Waals surface area contributed by atoms with Crippen molar-refractivity contribution in [1.29, 1.82) is 0 Å². The van der Waals surface area contributed by atoms with Crippen molar-refractivity contribution < 1.29 is 5.11 Å². The molecule has 0 saturated carbocycles. The minimum absolute atomic E-state index is 0.188. The zero-order valence-electron chi connectivity index (χ0n) is 9.93. The lowest BCUT2D eigenvalue weighted by Gasteiger charge is -2.31. The molecule has 16 heavy (non-hydrogen) atoms. The maximum atomic E-state index is 10.5. The predicted octanol–water partition coefficient (Wildman–Crippen LogP) is 4.33. The molecule has 0 amide bonds. The van der Waals surface area contributed by atoms with E-state index in [2.05, 4.69) is 0 Å². The van der Waals surface area contributed by atoms with Crippen molar-refractivity contribution in [3.05, 3.63) is 33.8 Å². The lowest BCUT2D eigenvalue weighted by atomic mass is 9.82. The zero-order chi connectivity index (χ0) is 12.3. The first-order chi connectivity index (χ1) is 7.39. The molecule has 0 saturated heterocycles. The third-order valence-corrected chi connectivity index (χ3v) is 3.80. The highest BCUT2D eigenvalue weighted by Crippen LogP contribution is 2.30. The van der Waals surface area contributed by atoms with Crippen molar-refractivity contribution in [3.8, 4) is 0 Å². The third-order valence-electron chi connectivity index (χ3n) is 3.19. The molecule has 1 N–H and O–H groups in total. The predicted molar refractivity (Wildman–Crippen MR) is 70.2 cm³/mol. The number of aliphatic hydroxyl groups is 1. The summed E-state index contributed by atoms with van der Waals surface area (Å²) in [6.45, 7) is 6.02. The Kier molecular flexibility index (Phi) is 4.66. The molecular formula is C13H18Cl2O. The van der Waals surface area contributed by atoms with E-state index >= 15 is 0 Å². The summed E-state index contributed by atoms with van der Waals surface area (Å²) in [6, 6.07) is 5.36. The highest BCUT2D eigenvalue weighted by molar-refractivity contribution is 6.33. The smallest absolute Gasteiger partial charge is 0.0708 e. The number of benzene rings is 1. The van der Waals surface area contributed by atoms with E-state index in [1.165, 1.54) is 0 Å². The quantitative estimate of drug-likeness (QED) is 0.855. The average Bonchev–Trinajstić information content (AvgIpc) is 2.23. The highest BCUT2D eigenvalue weighted by atomic mass is 35.5. The fourth-order valence-corrected chi connectivity index (χ4v) is 2.13. The van der Waals surface area contributed by atoms with Crippen LogP contribution in [0.5, 0.6) is 0 Å². The van der Waals surface area contributed by atoms with E-state index in [4.69, 9.17) is 23.2 Å². The molecule has 0 fully saturated rings. The largest absolute Gasteiger partial charge is 0.389 e. The Morgan fingerprint density at radius 2 is 1.94 bits per heavy atom. The number of rotatable bonds is 4. The van der Waals surface area contributed by atoms with Crippen LogP contribution in [0.3, 0.4) is 0 Å².